The fourth-order valence-corrected chi connectivity index (χ4v) is 3.33. The third kappa shape index (κ3) is 2.90. The van der Waals surface area contributed by atoms with Gasteiger partial charge < -0.3 is 5.32 Å². The fraction of sp³-hybridized carbons (Fsp3) is 0.500. The Morgan fingerprint density at radius 3 is 3.15 bits per heavy atom. The number of rotatable bonds is 4. The maximum Gasteiger partial charge on any atom is 0.275 e. The van der Waals surface area contributed by atoms with Gasteiger partial charge in [-0.15, -0.1) is 5.10 Å². The number of aromatic nitrogens is 3. The molecular weight excluding hydrogens is 272 g/mol. The highest BCUT2D eigenvalue weighted by atomic mass is 32.1. The van der Waals surface area contributed by atoms with E-state index in [1.54, 1.807) is 0 Å². The van der Waals surface area contributed by atoms with Crippen LogP contribution >= 0.6 is 11.3 Å². The summed E-state index contributed by atoms with van der Waals surface area (Å²) in [6.07, 6.45) is 8.49. The van der Waals surface area contributed by atoms with E-state index in [2.05, 4.69) is 21.5 Å². The molecular formula is C14H18N4OS. The van der Waals surface area contributed by atoms with E-state index < -0.39 is 0 Å². The molecule has 0 atom stereocenters. The molecule has 0 unspecified atom stereocenters. The van der Waals surface area contributed by atoms with Crippen LogP contribution < -0.4 is 10.9 Å². The van der Waals surface area contributed by atoms with Crippen molar-refractivity contribution in [2.24, 2.45) is 0 Å². The minimum atomic E-state index is -0.119. The first-order chi connectivity index (χ1) is 9.72. The van der Waals surface area contributed by atoms with Gasteiger partial charge in [0.15, 0.2) is 0 Å². The van der Waals surface area contributed by atoms with Gasteiger partial charge in [0.25, 0.3) is 5.56 Å². The molecule has 0 spiro atoms. The molecule has 20 heavy (non-hydrogen) atoms. The Morgan fingerprint density at radius 1 is 1.45 bits per heavy atom. The Hall–Kier alpha value is -1.69. The van der Waals surface area contributed by atoms with Gasteiger partial charge in [-0.1, -0.05) is 23.0 Å². The molecule has 106 valence electrons. The summed E-state index contributed by atoms with van der Waals surface area (Å²) in [5.74, 6) is 0. The zero-order valence-corrected chi connectivity index (χ0v) is 12.4. The minimum absolute atomic E-state index is 0.119. The Bertz CT molecular complexity index is 701. The number of hydrogen-bond donors (Lipinski definition) is 1. The quantitative estimate of drug-likeness (QED) is 0.880. The van der Waals surface area contributed by atoms with Crippen molar-refractivity contribution in [3.05, 3.63) is 33.8 Å². The number of fused-ring (bicyclic) bond motifs is 1. The highest BCUT2D eigenvalue weighted by molar-refractivity contribution is 7.20. The standard InChI is InChI=1S/C14H18N4OS/c1-10-9-12(19)18-14(16-10)20-13(17-18)15-8-7-11-5-3-2-4-6-11/h5,9H,2-4,6-8H2,1H3,(H,15,17). The first-order valence-corrected chi connectivity index (χ1v) is 7.83. The summed E-state index contributed by atoms with van der Waals surface area (Å²) < 4.78 is 1.36. The van der Waals surface area contributed by atoms with Gasteiger partial charge >= 0.3 is 0 Å². The Labute approximate surface area is 121 Å². The smallest absolute Gasteiger partial charge is 0.275 e. The molecule has 2 heterocycles. The summed E-state index contributed by atoms with van der Waals surface area (Å²) in [6, 6.07) is 1.50. The highest BCUT2D eigenvalue weighted by Gasteiger charge is 2.08. The maximum atomic E-state index is 11.8. The lowest BCUT2D eigenvalue weighted by Gasteiger charge is -2.12. The Morgan fingerprint density at radius 2 is 2.35 bits per heavy atom. The lowest BCUT2D eigenvalue weighted by Crippen LogP contribution is -2.14. The van der Waals surface area contributed by atoms with E-state index >= 15 is 0 Å². The molecule has 0 aliphatic heterocycles. The third-order valence-electron chi connectivity index (χ3n) is 3.48. The van der Waals surface area contributed by atoms with Gasteiger partial charge in [0, 0.05) is 18.3 Å². The molecule has 0 aromatic carbocycles. The summed E-state index contributed by atoms with van der Waals surface area (Å²) in [4.78, 5) is 16.7. The molecule has 1 aliphatic carbocycles. The molecule has 0 fully saturated rings. The van der Waals surface area contributed by atoms with Crippen molar-refractivity contribution in [1.82, 2.24) is 14.6 Å². The summed E-state index contributed by atoms with van der Waals surface area (Å²) in [7, 11) is 0. The van der Waals surface area contributed by atoms with Crippen molar-refractivity contribution in [2.45, 2.75) is 39.0 Å². The largest absolute Gasteiger partial charge is 0.360 e. The van der Waals surface area contributed by atoms with Crippen LogP contribution in [0.15, 0.2) is 22.5 Å². The van der Waals surface area contributed by atoms with E-state index in [4.69, 9.17) is 0 Å². The summed E-state index contributed by atoms with van der Waals surface area (Å²) in [5, 5.41) is 8.32. The minimum Gasteiger partial charge on any atom is -0.360 e. The van der Waals surface area contributed by atoms with Gasteiger partial charge in [0.1, 0.15) is 0 Å². The molecule has 5 nitrogen and oxygen atoms in total. The molecule has 0 amide bonds. The average Bonchev–Trinajstić information content (AvgIpc) is 2.83. The van der Waals surface area contributed by atoms with Gasteiger partial charge in [-0.3, -0.25) is 4.79 Å². The number of nitrogens with zero attached hydrogens (tertiary/aromatic N) is 3. The van der Waals surface area contributed by atoms with E-state index in [0.29, 0.717) is 4.96 Å². The Kier molecular flexibility index (Phi) is 3.82. The van der Waals surface area contributed by atoms with E-state index in [-0.39, 0.29) is 5.56 Å². The number of nitrogens with one attached hydrogen (secondary N) is 1. The summed E-state index contributed by atoms with van der Waals surface area (Å²) in [5.41, 5.74) is 2.15. The predicted octanol–water partition coefficient (Wildman–Crippen LogP) is 2.76. The van der Waals surface area contributed by atoms with Crippen LogP contribution in [0.5, 0.6) is 0 Å². The van der Waals surface area contributed by atoms with Crippen LogP contribution in [0.1, 0.15) is 37.8 Å². The van der Waals surface area contributed by atoms with Crippen molar-refractivity contribution in [2.75, 3.05) is 11.9 Å². The molecule has 0 saturated carbocycles. The molecule has 3 rings (SSSR count). The van der Waals surface area contributed by atoms with Crippen LogP contribution in [0.25, 0.3) is 4.96 Å². The second kappa shape index (κ2) is 5.75. The van der Waals surface area contributed by atoms with Crippen molar-refractivity contribution in [3.63, 3.8) is 0 Å². The maximum absolute atomic E-state index is 11.8. The first kappa shape index (κ1) is 13.3. The first-order valence-electron chi connectivity index (χ1n) is 7.02. The van der Waals surface area contributed by atoms with Crippen LogP contribution in [-0.2, 0) is 0 Å². The highest BCUT2D eigenvalue weighted by Crippen LogP contribution is 2.21. The van der Waals surface area contributed by atoms with E-state index in [1.165, 1.54) is 53.2 Å². The van der Waals surface area contributed by atoms with E-state index in [0.717, 1.165) is 23.8 Å². The topological polar surface area (TPSA) is 59.3 Å². The number of allylic oxidation sites excluding steroid dienone is 1. The molecule has 0 bridgehead atoms. The number of anilines is 1. The Balaban J connectivity index is 1.67. The lowest BCUT2D eigenvalue weighted by atomic mass is 9.97. The molecule has 0 radical (unpaired) electrons. The number of hydrogen-bond acceptors (Lipinski definition) is 5. The van der Waals surface area contributed by atoms with E-state index in [1.807, 2.05) is 6.92 Å². The fourth-order valence-electron chi connectivity index (χ4n) is 2.45. The predicted molar refractivity (Wildman–Crippen MR) is 81.5 cm³/mol. The van der Waals surface area contributed by atoms with Gasteiger partial charge in [-0.25, -0.2) is 4.98 Å². The van der Waals surface area contributed by atoms with Crippen LogP contribution in [-0.4, -0.2) is 21.1 Å². The van der Waals surface area contributed by atoms with Crippen molar-refractivity contribution < 1.29 is 0 Å². The molecule has 6 heteroatoms. The SMILES string of the molecule is Cc1cc(=O)n2nc(NCCC3=CCCCC3)sc2n1. The second-order valence-corrected chi connectivity index (χ2v) is 6.08. The second-order valence-electron chi connectivity index (χ2n) is 5.12. The molecule has 2 aromatic heterocycles. The van der Waals surface area contributed by atoms with Crippen LogP contribution in [0.4, 0.5) is 5.13 Å². The molecule has 0 saturated heterocycles. The van der Waals surface area contributed by atoms with Crippen molar-refractivity contribution in [1.29, 1.82) is 0 Å². The van der Waals surface area contributed by atoms with Gasteiger partial charge in [0.2, 0.25) is 10.1 Å². The van der Waals surface area contributed by atoms with Crippen molar-refractivity contribution >= 4 is 21.4 Å². The average molecular weight is 290 g/mol. The van der Waals surface area contributed by atoms with Crippen LogP contribution in [0.2, 0.25) is 0 Å². The van der Waals surface area contributed by atoms with Crippen molar-refractivity contribution in [3.8, 4) is 0 Å². The molecule has 1 aliphatic rings. The zero-order chi connectivity index (χ0) is 13.9. The zero-order valence-electron chi connectivity index (χ0n) is 11.6. The molecule has 2 aromatic rings. The van der Waals surface area contributed by atoms with E-state index in [9.17, 15) is 4.79 Å². The van der Waals surface area contributed by atoms with Gasteiger partial charge in [-0.05, 0) is 39.0 Å². The van der Waals surface area contributed by atoms with Gasteiger partial charge in [0.05, 0.1) is 0 Å². The van der Waals surface area contributed by atoms with Crippen LogP contribution in [0.3, 0.4) is 0 Å². The summed E-state index contributed by atoms with van der Waals surface area (Å²) >= 11 is 1.42. The summed E-state index contributed by atoms with van der Waals surface area (Å²) in [6.45, 7) is 2.68. The number of aryl methyl sites for hydroxylation is 1. The van der Waals surface area contributed by atoms with Gasteiger partial charge in [-0.2, -0.15) is 4.52 Å². The van der Waals surface area contributed by atoms with Crippen LogP contribution in [0, 0.1) is 6.92 Å². The molecule has 1 N–H and O–H groups in total. The monoisotopic (exact) mass is 290 g/mol. The lowest BCUT2D eigenvalue weighted by molar-refractivity contribution is 0.679. The normalized spacial score (nSPS) is 15.3. The third-order valence-corrected chi connectivity index (χ3v) is 4.35.